The van der Waals surface area contributed by atoms with Gasteiger partial charge in [-0.05, 0) is 12.1 Å². The molecule has 1 atom stereocenters. The van der Waals surface area contributed by atoms with E-state index >= 15 is 0 Å². The quantitative estimate of drug-likeness (QED) is 0.786. The van der Waals surface area contributed by atoms with Crippen molar-refractivity contribution in [1.29, 1.82) is 0 Å². The molecule has 1 rings (SSSR count). The van der Waals surface area contributed by atoms with Gasteiger partial charge in [0.2, 0.25) is 5.91 Å². The van der Waals surface area contributed by atoms with Crippen LogP contribution in [0.4, 0.5) is 11.5 Å². The number of hydrogen-bond donors (Lipinski definition) is 2. The van der Waals surface area contributed by atoms with Gasteiger partial charge in [0.25, 0.3) is 0 Å². The summed E-state index contributed by atoms with van der Waals surface area (Å²) in [5.41, 5.74) is 6.39. The molecular weight excluding hydrogens is 204 g/mol. The third-order valence-electron chi connectivity index (χ3n) is 2.32. The Hall–Kier alpha value is -1.62. The number of nitrogens with one attached hydrogen (secondary N) is 1. The van der Waals surface area contributed by atoms with Crippen molar-refractivity contribution >= 4 is 17.4 Å². The van der Waals surface area contributed by atoms with Gasteiger partial charge in [-0.3, -0.25) is 4.79 Å². The van der Waals surface area contributed by atoms with Gasteiger partial charge >= 0.3 is 0 Å². The lowest BCUT2D eigenvalue weighted by molar-refractivity contribution is -0.119. The first kappa shape index (κ1) is 12.4. The first-order valence-electron chi connectivity index (χ1n) is 5.19. The summed E-state index contributed by atoms with van der Waals surface area (Å²) in [5, 5.41) is 2.71. The van der Waals surface area contributed by atoms with E-state index in [2.05, 4.69) is 10.3 Å². The number of amides is 1. The summed E-state index contributed by atoms with van der Waals surface area (Å²) in [6.07, 6.45) is 1.71. The Morgan fingerprint density at radius 3 is 2.69 bits per heavy atom. The first-order valence-corrected chi connectivity index (χ1v) is 5.19. The standard InChI is InChI=1S/C11H18N4O/c1-8(6-12)11(16)14-10-5-4-9(7-13-10)15(2)3/h4-5,7-8H,6,12H2,1-3H3,(H,13,14,16). The highest BCUT2D eigenvalue weighted by Crippen LogP contribution is 2.12. The van der Waals surface area contributed by atoms with E-state index < -0.39 is 0 Å². The van der Waals surface area contributed by atoms with E-state index in [9.17, 15) is 4.79 Å². The summed E-state index contributed by atoms with van der Waals surface area (Å²) in [4.78, 5) is 17.6. The average molecular weight is 222 g/mol. The molecule has 0 aliphatic rings. The van der Waals surface area contributed by atoms with Crippen molar-refractivity contribution in [3.63, 3.8) is 0 Å². The number of pyridine rings is 1. The van der Waals surface area contributed by atoms with Gasteiger partial charge in [-0.2, -0.15) is 0 Å². The van der Waals surface area contributed by atoms with Crippen LogP contribution in [0, 0.1) is 5.92 Å². The highest BCUT2D eigenvalue weighted by Gasteiger charge is 2.11. The average Bonchev–Trinajstić information content (AvgIpc) is 2.28. The predicted octanol–water partition coefficient (Wildman–Crippen LogP) is 0.681. The lowest BCUT2D eigenvalue weighted by Gasteiger charge is -2.13. The molecule has 0 fully saturated rings. The van der Waals surface area contributed by atoms with Crippen molar-refractivity contribution in [3.05, 3.63) is 18.3 Å². The molecule has 0 radical (unpaired) electrons. The van der Waals surface area contributed by atoms with E-state index in [0.29, 0.717) is 12.4 Å². The maximum Gasteiger partial charge on any atom is 0.229 e. The van der Waals surface area contributed by atoms with E-state index in [1.54, 1.807) is 19.2 Å². The lowest BCUT2D eigenvalue weighted by Crippen LogP contribution is -2.27. The molecule has 1 aromatic heterocycles. The molecule has 1 heterocycles. The van der Waals surface area contributed by atoms with Gasteiger partial charge in [-0.15, -0.1) is 0 Å². The van der Waals surface area contributed by atoms with E-state index in [0.717, 1.165) is 5.69 Å². The van der Waals surface area contributed by atoms with Crippen molar-refractivity contribution in [2.24, 2.45) is 11.7 Å². The summed E-state index contributed by atoms with van der Waals surface area (Å²) < 4.78 is 0. The molecule has 1 amide bonds. The van der Waals surface area contributed by atoms with Gasteiger partial charge in [-0.25, -0.2) is 4.98 Å². The SMILES string of the molecule is CC(CN)C(=O)Nc1ccc(N(C)C)cn1. The van der Waals surface area contributed by atoms with E-state index in [-0.39, 0.29) is 11.8 Å². The van der Waals surface area contributed by atoms with Crippen LogP contribution in [0.25, 0.3) is 0 Å². The number of aromatic nitrogens is 1. The largest absolute Gasteiger partial charge is 0.376 e. The van der Waals surface area contributed by atoms with E-state index in [4.69, 9.17) is 5.73 Å². The van der Waals surface area contributed by atoms with Crippen molar-refractivity contribution in [1.82, 2.24) is 4.98 Å². The number of carbonyl (C=O) groups excluding carboxylic acids is 1. The molecule has 1 aromatic rings. The van der Waals surface area contributed by atoms with Gasteiger partial charge in [0.05, 0.1) is 11.9 Å². The number of rotatable bonds is 4. The van der Waals surface area contributed by atoms with Crippen LogP contribution in [0.2, 0.25) is 0 Å². The molecule has 0 aliphatic heterocycles. The second-order valence-corrected chi connectivity index (χ2v) is 3.92. The molecule has 0 saturated carbocycles. The Bertz CT molecular complexity index is 348. The summed E-state index contributed by atoms with van der Waals surface area (Å²) in [6.45, 7) is 2.12. The summed E-state index contributed by atoms with van der Waals surface area (Å²) in [7, 11) is 3.87. The Morgan fingerprint density at radius 2 is 2.25 bits per heavy atom. The summed E-state index contributed by atoms with van der Waals surface area (Å²) in [6, 6.07) is 3.67. The lowest BCUT2D eigenvalue weighted by atomic mass is 10.2. The maximum absolute atomic E-state index is 11.5. The first-order chi connectivity index (χ1) is 7.54. The fourth-order valence-electron chi connectivity index (χ4n) is 1.08. The van der Waals surface area contributed by atoms with Crippen molar-refractivity contribution in [2.45, 2.75) is 6.92 Å². The maximum atomic E-state index is 11.5. The van der Waals surface area contributed by atoms with Crippen LogP contribution in [-0.2, 0) is 4.79 Å². The third kappa shape index (κ3) is 3.20. The van der Waals surface area contributed by atoms with Crippen LogP contribution in [0.5, 0.6) is 0 Å². The van der Waals surface area contributed by atoms with Crippen molar-refractivity contribution in [3.8, 4) is 0 Å². The Labute approximate surface area is 95.7 Å². The number of carbonyl (C=O) groups is 1. The minimum Gasteiger partial charge on any atom is -0.376 e. The van der Waals surface area contributed by atoms with Crippen LogP contribution in [0.3, 0.4) is 0 Å². The molecule has 88 valence electrons. The fraction of sp³-hybridized carbons (Fsp3) is 0.455. The van der Waals surface area contributed by atoms with Crippen LogP contribution in [0.1, 0.15) is 6.92 Å². The minimum atomic E-state index is -0.199. The third-order valence-corrected chi connectivity index (χ3v) is 2.32. The molecule has 0 bridgehead atoms. The van der Waals surface area contributed by atoms with Gasteiger partial charge < -0.3 is 16.0 Å². The Morgan fingerprint density at radius 1 is 1.56 bits per heavy atom. The Kier molecular flexibility index (Phi) is 4.25. The fourth-order valence-corrected chi connectivity index (χ4v) is 1.08. The smallest absolute Gasteiger partial charge is 0.229 e. The predicted molar refractivity (Wildman–Crippen MR) is 65.4 cm³/mol. The zero-order chi connectivity index (χ0) is 12.1. The minimum absolute atomic E-state index is 0.104. The van der Waals surface area contributed by atoms with Gasteiger partial charge in [0.1, 0.15) is 5.82 Å². The second kappa shape index (κ2) is 5.46. The second-order valence-electron chi connectivity index (χ2n) is 3.92. The molecule has 3 N–H and O–H groups in total. The van der Waals surface area contributed by atoms with Gasteiger partial charge in [0.15, 0.2) is 0 Å². The van der Waals surface area contributed by atoms with Gasteiger partial charge in [0, 0.05) is 26.6 Å². The van der Waals surface area contributed by atoms with Crippen LogP contribution < -0.4 is 16.0 Å². The zero-order valence-corrected chi connectivity index (χ0v) is 9.90. The number of nitrogens with zero attached hydrogens (tertiary/aromatic N) is 2. The monoisotopic (exact) mass is 222 g/mol. The molecule has 0 saturated heterocycles. The molecule has 16 heavy (non-hydrogen) atoms. The van der Waals surface area contributed by atoms with Crippen LogP contribution >= 0.6 is 0 Å². The highest BCUT2D eigenvalue weighted by molar-refractivity contribution is 5.91. The molecular formula is C11H18N4O. The molecule has 1 unspecified atom stereocenters. The van der Waals surface area contributed by atoms with Crippen LogP contribution in [0.15, 0.2) is 18.3 Å². The van der Waals surface area contributed by atoms with Crippen LogP contribution in [-0.4, -0.2) is 31.5 Å². The number of anilines is 2. The molecule has 5 heteroatoms. The van der Waals surface area contributed by atoms with Crippen molar-refractivity contribution < 1.29 is 4.79 Å². The van der Waals surface area contributed by atoms with Crippen molar-refractivity contribution in [2.75, 3.05) is 30.9 Å². The van der Waals surface area contributed by atoms with Gasteiger partial charge in [-0.1, -0.05) is 6.92 Å². The van der Waals surface area contributed by atoms with E-state index in [1.807, 2.05) is 25.1 Å². The van der Waals surface area contributed by atoms with E-state index in [1.165, 1.54) is 0 Å². The summed E-state index contributed by atoms with van der Waals surface area (Å²) >= 11 is 0. The normalized spacial score (nSPS) is 12.0. The molecule has 0 aromatic carbocycles. The number of hydrogen-bond acceptors (Lipinski definition) is 4. The Balaban J connectivity index is 2.65. The molecule has 0 aliphatic carbocycles. The highest BCUT2D eigenvalue weighted by atomic mass is 16.1. The molecule has 0 spiro atoms. The summed E-state index contributed by atoms with van der Waals surface area (Å²) in [5.74, 6) is 0.249. The molecule has 5 nitrogen and oxygen atoms in total. The number of nitrogens with two attached hydrogens (primary N) is 1. The topological polar surface area (TPSA) is 71.2 Å². The zero-order valence-electron chi connectivity index (χ0n) is 9.90.